The number of rotatable bonds is 3. The maximum atomic E-state index is 10.5. The zero-order valence-electron chi connectivity index (χ0n) is 9.19. The molecule has 0 amide bonds. The van der Waals surface area contributed by atoms with Crippen molar-refractivity contribution in [2.75, 3.05) is 13.2 Å². The van der Waals surface area contributed by atoms with Gasteiger partial charge < -0.3 is 15.2 Å². The Balaban J connectivity index is 1.94. The first-order valence-electron chi connectivity index (χ1n) is 5.89. The van der Waals surface area contributed by atoms with Crippen molar-refractivity contribution in [2.24, 2.45) is 5.92 Å². The van der Waals surface area contributed by atoms with Crippen molar-refractivity contribution in [1.29, 1.82) is 0 Å². The van der Waals surface area contributed by atoms with Gasteiger partial charge in [-0.2, -0.15) is 0 Å². The van der Waals surface area contributed by atoms with Crippen molar-refractivity contribution in [3.8, 4) is 0 Å². The summed E-state index contributed by atoms with van der Waals surface area (Å²) in [6, 6.07) is 0.240. The maximum absolute atomic E-state index is 10.5. The number of aliphatic carboxylic acids is 1. The largest absolute Gasteiger partial charge is 0.480 e. The number of carbonyl (C=O) groups is 1. The van der Waals surface area contributed by atoms with Gasteiger partial charge in [-0.1, -0.05) is 0 Å². The standard InChI is InChI=1S/C11H18ClNO3/c12-8-3-4-9(16-6-10(14)15)11-7(8)2-1-5-13-11/h7-9,11,13H,1-6H2,(H,14,15). The van der Waals surface area contributed by atoms with Crippen molar-refractivity contribution in [3.63, 3.8) is 0 Å². The number of ether oxygens (including phenoxy) is 1. The summed E-state index contributed by atoms with van der Waals surface area (Å²) in [7, 11) is 0. The van der Waals surface area contributed by atoms with Crippen molar-refractivity contribution in [1.82, 2.24) is 5.32 Å². The number of piperidine rings is 1. The number of carboxylic acid groups (broad SMARTS) is 1. The van der Waals surface area contributed by atoms with Crippen LogP contribution < -0.4 is 5.32 Å². The summed E-state index contributed by atoms with van der Waals surface area (Å²) >= 11 is 6.31. The predicted molar refractivity (Wildman–Crippen MR) is 60.8 cm³/mol. The van der Waals surface area contributed by atoms with Crippen LogP contribution in [-0.2, 0) is 9.53 Å². The highest BCUT2D eigenvalue weighted by Crippen LogP contribution is 2.35. The topological polar surface area (TPSA) is 58.6 Å². The molecule has 1 saturated carbocycles. The second-order valence-electron chi connectivity index (χ2n) is 4.62. The van der Waals surface area contributed by atoms with Crippen LogP contribution in [0.4, 0.5) is 0 Å². The molecule has 0 aromatic carbocycles. The number of hydrogen-bond acceptors (Lipinski definition) is 3. The van der Waals surface area contributed by atoms with Crippen LogP contribution in [0.2, 0.25) is 0 Å². The van der Waals surface area contributed by atoms with Crippen LogP contribution in [0.5, 0.6) is 0 Å². The van der Waals surface area contributed by atoms with Gasteiger partial charge in [-0.25, -0.2) is 4.79 Å². The highest BCUT2D eigenvalue weighted by atomic mass is 35.5. The van der Waals surface area contributed by atoms with Crippen molar-refractivity contribution in [2.45, 2.75) is 43.2 Å². The third-order valence-electron chi connectivity index (χ3n) is 3.57. The van der Waals surface area contributed by atoms with E-state index in [1.54, 1.807) is 0 Å². The molecular formula is C11H18ClNO3. The fraction of sp³-hybridized carbons (Fsp3) is 0.909. The Hall–Kier alpha value is -0.320. The van der Waals surface area contributed by atoms with E-state index in [-0.39, 0.29) is 24.1 Å². The second kappa shape index (κ2) is 5.34. The van der Waals surface area contributed by atoms with Crippen molar-refractivity contribution in [3.05, 3.63) is 0 Å². The fourth-order valence-corrected chi connectivity index (χ4v) is 3.24. The Kier molecular flexibility index (Phi) is 4.05. The molecule has 2 aliphatic rings. The Morgan fingerprint density at radius 2 is 2.25 bits per heavy atom. The van der Waals surface area contributed by atoms with E-state index in [1.807, 2.05) is 0 Å². The van der Waals surface area contributed by atoms with Gasteiger partial charge in [-0.15, -0.1) is 11.6 Å². The van der Waals surface area contributed by atoms with Crippen LogP contribution in [-0.4, -0.2) is 41.8 Å². The van der Waals surface area contributed by atoms with E-state index < -0.39 is 5.97 Å². The first kappa shape index (κ1) is 12.1. The minimum absolute atomic E-state index is 0.0106. The van der Waals surface area contributed by atoms with Gasteiger partial charge in [-0.05, 0) is 38.1 Å². The molecule has 2 N–H and O–H groups in total. The third kappa shape index (κ3) is 2.67. The fourth-order valence-electron chi connectivity index (χ4n) is 2.83. The lowest BCUT2D eigenvalue weighted by atomic mass is 9.77. The number of halogens is 1. The van der Waals surface area contributed by atoms with E-state index >= 15 is 0 Å². The highest BCUT2D eigenvalue weighted by molar-refractivity contribution is 6.20. The lowest BCUT2D eigenvalue weighted by molar-refractivity contribution is -0.146. The lowest BCUT2D eigenvalue weighted by Gasteiger charge is -2.43. The number of alkyl halides is 1. The molecule has 1 heterocycles. The van der Waals surface area contributed by atoms with Gasteiger partial charge in [0.05, 0.1) is 6.10 Å². The summed E-state index contributed by atoms with van der Waals surface area (Å²) in [6.45, 7) is 0.778. The molecule has 16 heavy (non-hydrogen) atoms. The number of fused-ring (bicyclic) bond motifs is 1. The Labute approximate surface area is 100 Å². The van der Waals surface area contributed by atoms with Crippen LogP contribution in [0.1, 0.15) is 25.7 Å². The Morgan fingerprint density at radius 1 is 1.44 bits per heavy atom. The van der Waals surface area contributed by atoms with Gasteiger partial charge >= 0.3 is 5.97 Å². The molecule has 4 unspecified atom stereocenters. The summed E-state index contributed by atoms with van der Waals surface area (Å²) in [4.78, 5) is 10.5. The number of carboxylic acids is 1. The molecule has 2 fully saturated rings. The van der Waals surface area contributed by atoms with Crippen LogP contribution in [0.3, 0.4) is 0 Å². The van der Waals surface area contributed by atoms with Gasteiger partial charge in [0.2, 0.25) is 0 Å². The third-order valence-corrected chi connectivity index (χ3v) is 4.11. The molecule has 0 spiro atoms. The molecule has 4 atom stereocenters. The van der Waals surface area contributed by atoms with E-state index in [9.17, 15) is 4.79 Å². The molecule has 0 aromatic heterocycles. The molecule has 4 nitrogen and oxygen atoms in total. The average Bonchev–Trinajstić information content (AvgIpc) is 2.28. The highest BCUT2D eigenvalue weighted by Gasteiger charge is 2.40. The average molecular weight is 248 g/mol. The number of nitrogens with one attached hydrogen (secondary N) is 1. The summed E-state index contributed by atoms with van der Waals surface area (Å²) in [5.41, 5.74) is 0. The summed E-state index contributed by atoms with van der Waals surface area (Å²) in [5.74, 6) is -0.469. The normalized spacial score (nSPS) is 39.1. The van der Waals surface area contributed by atoms with Crippen LogP contribution in [0.15, 0.2) is 0 Å². The second-order valence-corrected chi connectivity index (χ2v) is 5.18. The quantitative estimate of drug-likeness (QED) is 0.737. The van der Waals surface area contributed by atoms with Crippen LogP contribution in [0, 0.1) is 5.92 Å². The maximum Gasteiger partial charge on any atom is 0.329 e. The molecular weight excluding hydrogens is 230 g/mol. The van der Waals surface area contributed by atoms with E-state index in [1.165, 1.54) is 0 Å². The predicted octanol–water partition coefficient (Wildman–Crippen LogP) is 1.23. The molecule has 0 radical (unpaired) electrons. The van der Waals surface area contributed by atoms with Crippen molar-refractivity contribution >= 4 is 17.6 Å². The first-order valence-corrected chi connectivity index (χ1v) is 6.33. The molecule has 1 aliphatic carbocycles. The molecule has 92 valence electrons. The molecule has 1 saturated heterocycles. The van der Waals surface area contributed by atoms with Gasteiger partial charge in [-0.3, -0.25) is 0 Å². The Morgan fingerprint density at radius 3 is 3.00 bits per heavy atom. The summed E-state index contributed by atoms with van der Waals surface area (Å²) in [5, 5.41) is 12.3. The Bertz CT molecular complexity index is 262. The smallest absolute Gasteiger partial charge is 0.329 e. The molecule has 0 aromatic rings. The minimum Gasteiger partial charge on any atom is -0.480 e. The zero-order valence-corrected chi connectivity index (χ0v) is 9.95. The van der Waals surface area contributed by atoms with Gasteiger partial charge in [0.1, 0.15) is 6.61 Å². The van der Waals surface area contributed by atoms with Crippen molar-refractivity contribution < 1.29 is 14.6 Å². The van der Waals surface area contributed by atoms with E-state index in [4.69, 9.17) is 21.4 Å². The molecule has 0 bridgehead atoms. The molecule has 1 aliphatic heterocycles. The van der Waals surface area contributed by atoms with E-state index in [0.717, 1.165) is 32.2 Å². The minimum atomic E-state index is -0.902. The first-order chi connectivity index (χ1) is 7.68. The lowest BCUT2D eigenvalue weighted by Crippen LogP contribution is -2.55. The monoisotopic (exact) mass is 247 g/mol. The van der Waals surface area contributed by atoms with Gasteiger partial charge in [0.15, 0.2) is 0 Å². The van der Waals surface area contributed by atoms with Crippen LogP contribution >= 0.6 is 11.6 Å². The zero-order chi connectivity index (χ0) is 11.5. The number of hydrogen-bond donors (Lipinski definition) is 2. The van der Waals surface area contributed by atoms with E-state index in [0.29, 0.717) is 5.92 Å². The van der Waals surface area contributed by atoms with Gasteiger partial charge in [0.25, 0.3) is 0 Å². The SMILES string of the molecule is O=C(O)COC1CCC(Cl)C2CCCNC12. The summed E-state index contributed by atoms with van der Waals surface area (Å²) < 4.78 is 5.44. The van der Waals surface area contributed by atoms with Gasteiger partial charge in [0, 0.05) is 11.4 Å². The summed E-state index contributed by atoms with van der Waals surface area (Å²) in [6.07, 6.45) is 4.07. The molecule has 5 heteroatoms. The van der Waals surface area contributed by atoms with E-state index in [2.05, 4.69) is 5.32 Å². The van der Waals surface area contributed by atoms with Crippen LogP contribution in [0.25, 0.3) is 0 Å². The molecule has 2 rings (SSSR count).